The molecule has 0 bridgehead atoms. The Morgan fingerprint density at radius 2 is 1.88 bits per heavy atom. The largest absolute Gasteiger partial charge is 0.492 e. The van der Waals surface area contributed by atoms with Gasteiger partial charge in [-0.2, -0.15) is 0 Å². The van der Waals surface area contributed by atoms with Crippen LogP contribution in [0.1, 0.15) is 5.69 Å². The summed E-state index contributed by atoms with van der Waals surface area (Å²) in [6, 6.07) is 14.7. The van der Waals surface area contributed by atoms with Gasteiger partial charge in [0.2, 0.25) is 5.91 Å². The molecule has 0 saturated carbocycles. The minimum Gasteiger partial charge on any atom is -0.492 e. The summed E-state index contributed by atoms with van der Waals surface area (Å²) in [4.78, 5) is 20.5. The van der Waals surface area contributed by atoms with Crippen LogP contribution in [0.2, 0.25) is 5.02 Å². The van der Waals surface area contributed by atoms with Crippen LogP contribution in [-0.4, -0.2) is 29.0 Å². The first-order chi connectivity index (χ1) is 12.2. The molecule has 1 aromatic heterocycles. The number of hydrogen-bond acceptors (Lipinski definition) is 4. The number of hydrogen-bond donors (Lipinski definition) is 1. The molecule has 1 amide bonds. The molecule has 0 unspecified atom stereocenters. The summed E-state index contributed by atoms with van der Waals surface area (Å²) >= 11 is 5.80. The SMILES string of the molecule is O=C(/C=C/c1cnc2ccccc2n1)NCCOc1ccc(Cl)cc1. The molecular formula is C19H16ClN3O2. The van der Waals surface area contributed by atoms with Crippen molar-refractivity contribution in [1.29, 1.82) is 0 Å². The van der Waals surface area contributed by atoms with Crippen LogP contribution in [0.3, 0.4) is 0 Å². The van der Waals surface area contributed by atoms with Crippen molar-refractivity contribution in [3.8, 4) is 5.75 Å². The molecular weight excluding hydrogens is 338 g/mol. The highest BCUT2D eigenvalue weighted by molar-refractivity contribution is 6.30. The summed E-state index contributed by atoms with van der Waals surface area (Å²) in [6.07, 6.45) is 4.70. The summed E-state index contributed by atoms with van der Waals surface area (Å²) < 4.78 is 5.50. The molecule has 25 heavy (non-hydrogen) atoms. The van der Waals surface area contributed by atoms with Crippen molar-refractivity contribution in [1.82, 2.24) is 15.3 Å². The number of ether oxygens (including phenoxy) is 1. The number of fused-ring (bicyclic) bond motifs is 1. The van der Waals surface area contributed by atoms with Gasteiger partial charge in [-0.05, 0) is 42.5 Å². The Bertz CT molecular complexity index is 895. The lowest BCUT2D eigenvalue weighted by Gasteiger charge is -2.06. The Morgan fingerprint density at radius 3 is 2.68 bits per heavy atom. The third kappa shape index (κ3) is 5.02. The second-order valence-electron chi connectivity index (χ2n) is 5.21. The van der Waals surface area contributed by atoms with Crippen LogP contribution >= 0.6 is 11.6 Å². The first-order valence-corrected chi connectivity index (χ1v) is 8.14. The zero-order valence-corrected chi connectivity index (χ0v) is 14.1. The third-order valence-electron chi connectivity index (χ3n) is 3.36. The zero-order valence-electron chi connectivity index (χ0n) is 13.4. The molecule has 0 spiro atoms. The second-order valence-corrected chi connectivity index (χ2v) is 5.65. The topological polar surface area (TPSA) is 64.1 Å². The number of amides is 1. The number of nitrogens with zero attached hydrogens (tertiary/aromatic N) is 2. The van der Waals surface area contributed by atoms with Gasteiger partial charge in [0.15, 0.2) is 0 Å². The first-order valence-electron chi connectivity index (χ1n) is 7.77. The molecule has 1 N–H and O–H groups in total. The molecule has 0 saturated heterocycles. The monoisotopic (exact) mass is 353 g/mol. The molecule has 6 heteroatoms. The lowest BCUT2D eigenvalue weighted by Crippen LogP contribution is -2.26. The van der Waals surface area contributed by atoms with Gasteiger partial charge < -0.3 is 10.1 Å². The number of para-hydroxylation sites is 2. The Kier molecular flexibility index (Phi) is 5.59. The van der Waals surface area contributed by atoms with E-state index in [2.05, 4.69) is 15.3 Å². The van der Waals surface area contributed by atoms with Crippen LogP contribution < -0.4 is 10.1 Å². The highest BCUT2D eigenvalue weighted by atomic mass is 35.5. The van der Waals surface area contributed by atoms with Crippen molar-refractivity contribution in [2.45, 2.75) is 0 Å². The number of benzene rings is 2. The molecule has 0 aliphatic carbocycles. The molecule has 0 fully saturated rings. The average Bonchev–Trinajstić information content (AvgIpc) is 2.65. The van der Waals surface area contributed by atoms with E-state index in [0.717, 1.165) is 11.0 Å². The quantitative estimate of drug-likeness (QED) is 0.544. The van der Waals surface area contributed by atoms with Crippen molar-refractivity contribution in [2.75, 3.05) is 13.2 Å². The van der Waals surface area contributed by atoms with E-state index in [1.807, 2.05) is 24.3 Å². The van der Waals surface area contributed by atoms with E-state index >= 15 is 0 Å². The number of nitrogens with one attached hydrogen (secondary N) is 1. The highest BCUT2D eigenvalue weighted by Gasteiger charge is 1.99. The van der Waals surface area contributed by atoms with Crippen molar-refractivity contribution in [2.24, 2.45) is 0 Å². The zero-order chi connectivity index (χ0) is 17.5. The molecule has 1 heterocycles. The number of halogens is 1. The Labute approximate surface area is 150 Å². The normalized spacial score (nSPS) is 10.9. The van der Waals surface area contributed by atoms with E-state index in [1.54, 1.807) is 36.5 Å². The van der Waals surface area contributed by atoms with Crippen LogP contribution in [-0.2, 0) is 4.79 Å². The van der Waals surface area contributed by atoms with Gasteiger partial charge >= 0.3 is 0 Å². The average molecular weight is 354 g/mol. The predicted molar refractivity (Wildman–Crippen MR) is 98.5 cm³/mol. The van der Waals surface area contributed by atoms with Crippen LogP contribution in [0.25, 0.3) is 17.1 Å². The predicted octanol–water partition coefficient (Wildman–Crippen LogP) is 3.49. The molecule has 0 aliphatic heterocycles. The fourth-order valence-corrected chi connectivity index (χ4v) is 2.27. The van der Waals surface area contributed by atoms with E-state index < -0.39 is 0 Å². The summed E-state index contributed by atoms with van der Waals surface area (Å²) in [5.41, 5.74) is 2.25. The van der Waals surface area contributed by atoms with Crippen LogP contribution in [0.15, 0.2) is 60.8 Å². The van der Waals surface area contributed by atoms with Crippen molar-refractivity contribution >= 4 is 34.6 Å². The van der Waals surface area contributed by atoms with E-state index in [9.17, 15) is 4.79 Å². The molecule has 126 valence electrons. The van der Waals surface area contributed by atoms with E-state index in [1.165, 1.54) is 6.08 Å². The highest BCUT2D eigenvalue weighted by Crippen LogP contribution is 2.15. The van der Waals surface area contributed by atoms with Gasteiger partial charge in [-0.3, -0.25) is 9.78 Å². The number of rotatable bonds is 6. The van der Waals surface area contributed by atoms with Crippen LogP contribution in [0, 0.1) is 0 Å². The Hall–Kier alpha value is -2.92. The minimum atomic E-state index is -0.213. The number of aromatic nitrogens is 2. The number of carbonyl (C=O) groups is 1. The van der Waals surface area contributed by atoms with E-state index in [0.29, 0.717) is 29.6 Å². The van der Waals surface area contributed by atoms with Gasteiger partial charge in [-0.15, -0.1) is 0 Å². The molecule has 3 rings (SSSR count). The molecule has 0 aliphatic rings. The van der Waals surface area contributed by atoms with Gasteiger partial charge in [0.25, 0.3) is 0 Å². The van der Waals surface area contributed by atoms with Gasteiger partial charge in [-0.1, -0.05) is 23.7 Å². The van der Waals surface area contributed by atoms with Crippen molar-refractivity contribution in [3.05, 3.63) is 71.5 Å². The summed E-state index contributed by atoms with van der Waals surface area (Å²) in [5, 5.41) is 3.40. The summed E-state index contributed by atoms with van der Waals surface area (Å²) in [5.74, 6) is 0.496. The molecule has 0 atom stereocenters. The maximum absolute atomic E-state index is 11.8. The lowest BCUT2D eigenvalue weighted by molar-refractivity contribution is -0.116. The number of carbonyl (C=O) groups excluding carboxylic acids is 1. The smallest absolute Gasteiger partial charge is 0.244 e. The van der Waals surface area contributed by atoms with Crippen LogP contribution in [0.5, 0.6) is 5.75 Å². The van der Waals surface area contributed by atoms with E-state index in [4.69, 9.17) is 16.3 Å². The van der Waals surface area contributed by atoms with Gasteiger partial charge in [0.1, 0.15) is 12.4 Å². The first kappa shape index (κ1) is 16.9. The summed E-state index contributed by atoms with van der Waals surface area (Å²) in [6.45, 7) is 0.770. The second kappa shape index (κ2) is 8.26. The standard InChI is InChI=1S/C19H16ClN3O2/c20-14-5-8-16(9-6-14)25-12-11-21-19(24)10-7-15-13-22-17-3-1-2-4-18(17)23-15/h1-10,13H,11-12H2,(H,21,24)/b10-7+. The van der Waals surface area contributed by atoms with Crippen molar-refractivity contribution in [3.63, 3.8) is 0 Å². The van der Waals surface area contributed by atoms with E-state index in [-0.39, 0.29) is 5.91 Å². The molecule has 5 nitrogen and oxygen atoms in total. The summed E-state index contributed by atoms with van der Waals surface area (Å²) in [7, 11) is 0. The van der Waals surface area contributed by atoms with Gasteiger partial charge in [-0.25, -0.2) is 4.98 Å². The maximum atomic E-state index is 11.8. The van der Waals surface area contributed by atoms with Crippen molar-refractivity contribution < 1.29 is 9.53 Å². The molecule has 0 radical (unpaired) electrons. The van der Waals surface area contributed by atoms with Gasteiger partial charge in [0, 0.05) is 11.1 Å². The fourth-order valence-electron chi connectivity index (χ4n) is 2.15. The third-order valence-corrected chi connectivity index (χ3v) is 3.61. The van der Waals surface area contributed by atoms with Gasteiger partial charge in [0.05, 0.1) is 29.5 Å². The molecule has 2 aromatic carbocycles. The fraction of sp³-hybridized carbons (Fsp3) is 0.105. The Morgan fingerprint density at radius 1 is 1.12 bits per heavy atom. The lowest BCUT2D eigenvalue weighted by atomic mass is 10.3. The molecule has 3 aromatic rings. The maximum Gasteiger partial charge on any atom is 0.244 e. The minimum absolute atomic E-state index is 0.213. The van der Waals surface area contributed by atoms with Crippen LogP contribution in [0.4, 0.5) is 0 Å². The Balaban J connectivity index is 1.46.